The first-order valence-electron chi connectivity index (χ1n) is 14.4. The van der Waals surface area contributed by atoms with Crippen LogP contribution < -0.4 is 16.2 Å². The molecule has 6 rings (SSSR count). The molecule has 4 aromatic carbocycles. The lowest BCUT2D eigenvalue weighted by Gasteiger charge is -2.12. The van der Waals surface area contributed by atoms with Gasteiger partial charge in [0.1, 0.15) is 5.69 Å². The summed E-state index contributed by atoms with van der Waals surface area (Å²) in [5.74, 6) is -0.283. The molecule has 0 atom stereocenters. The molecule has 0 bridgehead atoms. The van der Waals surface area contributed by atoms with E-state index in [0.29, 0.717) is 44.1 Å². The molecule has 0 spiro atoms. The number of carbonyl (C=O) groups excluding carboxylic acids is 2. The van der Waals surface area contributed by atoms with Crippen LogP contribution in [0.1, 0.15) is 43.0 Å². The molecule has 7 heteroatoms. The number of aryl methyl sites for hydroxylation is 2. The van der Waals surface area contributed by atoms with Gasteiger partial charge in [-0.2, -0.15) is 4.73 Å². The Kier molecular flexibility index (Phi) is 9.10. The van der Waals surface area contributed by atoms with Crippen molar-refractivity contribution < 1.29 is 14.3 Å². The first-order chi connectivity index (χ1) is 21.8. The molecule has 2 heterocycles. The van der Waals surface area contributed by atoms with Crippen molar-refractivity contribution in [2.24, 2.45) is 0 Å². The molecular formula is C38H32N4O3. The van der Waals surface area contributed by atoms with E-state index in [0.717, 1.165) is 22.3 Å². The SMILES string of the molecule is Cc1ccccc1-c1c(N)c(C(=O)c2ccccc2)cc[n+]1[O-].Cc1ccccc1-c1nccc(C(=O)c2ccccc2)c1N. The van der Waals surface area contributed by atoms with Crippen LogP contribution in [0.2, 0.25) is 0 Å². The fourth-order valence-electron chi connectivity index (χ4n) is 5.07. The lowest BCUT2D eigenvalue weighted by molar-refractivity contribution is -0.593. The fraction of sp³-hybridized carbons (Fsp3) is 0.0526. The van der Waals surface area contributed by atoms with Crippen molar-refractivity contribution in [2.45, 2.75) is 13.8 Å². The van der Waals surface area contributed by atoms with Gasteiger partial charge in [-0.25, -0.2) is 0 Å². The van der Waals surface area contributed by atoms with Crippen LogP contribution in [0, 0.1) is 19.1 Å². The Morgan fingerprint density at radius 3 is 1.60 bits per heavy atom. The molecule has 0 saturated heterocycles. The van der Waals surface area contributed by atoms with Gasteiger partial charge < -0.3 is 16.7 Å². The van der Waals surface area contributed by atoms with Gasteiger partial charge in [0, 0.05) is 34.5 Å². The third-order valence-electron chi connectivity index (χ3n) is 7.49. The van der Waals surface area contributed by atoms with Crippen LogP contribution in [-0.4, -0.2) is 16.6 Å². The van der Waals surface area contributed by atoms with Gasteiger partial charge in [0.25, 0.3) is 0 Å². The quantitative estimate of drug-likeness (QED) is 0.122. The highest BCUT2D eigenvalue weighted by Crippen LogP contribution is 2.30. The van der Waals surface area contributed by atoms with Gasteiger partial charge in [0.2, 0.25) is 5.69 Å². The molecular weight excluding hydrogens is 560 g/mol. The number of rotatable bonds is 6. The van der Waals surface area contributed by atoms with E-state index in [2.05, 4.69) is 4.98 Å². The van der Waals surface area contributed by atoms with E-state index in [1.165, 1.54) is 12.3 Å². The van der Waals surface area contributed by atoms with Crippen molar-refractivity contribution in [1.29, 1.82) is 0 Å². The molecule has 0 amide bonds. The molecule has 0 saturated carbocycles. The van der Waals surface area contributed by atoms with Gasteiger partial charge in [-0.05, 0) is 37.1 Å². The van der Waals surface area contributed by atoms with Crippen molar-refractivity contribution >= 4 is 22.9 Å². The lowest BCUT2D eigenvalue weighted by atomic mass is 9.98. The van der Waals surface area contributed by atoms with Crippen molar-refractivity contribution in [2.75, 3.05) is 11.5 Å². The maximum Gasteiger partial charge on any atom is 0.247 e. The highest BCUT2D eigenvalue weighted by Gasteiger charge is 2.23. The molecule has 0 radical (unpaired) electrons. The average molecular weight is 593 g/mol. The number of nitrogens with zero attached hydrogens (tertiary/aromatic N) is 2. The van der Waals surface area contributed by atoms with E-state index in [-0.39, 0.29) is 17.3 Å². The van der Waals surface area contributed by atoms with E-state index in [1.807, 2.05) is 86.6 Å². The monoisotopic (exact) mass is 592 g/mol. The van der Waals surface area contributed by atoms with Gasteiger partial charge in [-0.3, -0.25) is 14.6 Å². The van der Waals surface area contributed by atoms with Crippen LogP contribution >= 0.6 is 0 Å². The van der Waals surface area contributed by atoms with Crippen molar-refractivity contribution in [3.05, 3.63) is 172 Å². The highest BCUT2D eigenvalue weighted by atomic mass is 16.5. The minimum Gasteiger partial charge on any atom is -0.618 e. The van der Waals surface area contributed by atoms with Gasteiger partial charge in [0.15, 0.2) is 17.8 Å². The second kappa shape index (κ2) is 13.5. The van der Waals surface area contributed by atoms with Gasteiger partial charge in [-0.1, -0.05) is 103 Å². The van der Waals surface area contributed by atoms with Gasteiger partial charge >= 0.3 is 0 Å². The molecule has 2 aromatic heterocycles. The van der Waals surface area contributed by atoms with E-state index in [9.17, 15) is 14.8 Å². The van der Waals surface area contributed by atoms with Crippen molar-refractivity contribution in [1.82, 2.24) is 4.98 Å². The van der Waals surface area contributed by atoms with Gasteiger partial charge in [0.05, 0.1) is 22.5 Å². The maximum absolute atomic E-state index is 12.7. The number of anilines is 2. The maximum atomic E-state index is 12.7. The first kappa shape index (κ1) is 30.4. The second-order valence-electron chi connectivity index (χ2n) is 10.5. The Balaban J connectivity index is 0.000000178. The summed E-state index contributed by atoms with van der Waals surface area (Å²) in [6.07, 6.45) is 2.96. The van der Waals surface area contributed by atoms with Crippen LogP contribution in [0.25, 0.3) is 22.5 Å². The summed E-state index contributed by atoms with van der Waals surface area (Å²) in [7, 11) is 0. The minimum absolute atomic E-state index is 0.0877. The number of benzene rings is 4. The molecule has 4 N–H and O–H groups in total. The second-order valence-corrected chi connectivity index (χ2v) is 10.5. The average Bonchev–Trinajstić information content (AvgIpc) is 3.07. The Morgan fingerprint density at radius 1 is 0.600 bits per heavy atom. The van der Waals surface area contributed by atoms with Crippen LogP contribution in [0.4, 0.5) is 11.4 Å². The van der Waals surface area contributed by atoms with E-state index >= 15 is 0 Å². The third-order valence-corrected chi connectivity index (χ3v) is 7.49. The molecule has 222 valence electrons. The minimum atomic E-state index is -0.196. The molecule has 0 aliphatic rings. The summed E-state index contributed by atoms with van der Waals surface area (Å²) in [6.45, 7) is 3.91. The zero-order valence-electron chi connectivity index (χ0n) is 25.0. The standard InChI is InChI=1S/C19H16N2O2.C19H16N2O/c1-13-7-5-6-10-15(13)18-17(20)16(11-12-21(18)23)19(22)14-8-3-2-4-9-14;1-13-7-5-6-10-15(13)18-17(20)16(11-12-21-18)19(22)14-8-3-2-4-9-14/h2-12H,20H2,1H3;2-12H,20H2,1H3. The number of hydrogen-bond acceptors (Lipinski definition) is 6. The molecule has 45 heavy (non-hydrogen) atoms. The molecule has 6 aromatic rings. The van der Waals surface area contributed by atoms with Crippen LogP contribution in [0.15, 0.2) is 134 Å². The van der Waals surface area contributed by atoms with E-state index in [1.54, 1.807) is 48.7 Å². The summed E-state index contributed by atoms with van der Waals surface area (Å²) in [5.41, 5.74) is 19.7. The number of hydrogen-bond donors (Lipinski definition) is 2. The first-order valence-corrected chi connectivity index (χ1v) is 14.4. The molecule has 0 unspecified atom stereocenters. The van der Waals surface area contributed by atoms with Crippen molar-refractivity contribution in [3.63, 3.8) is 0 Å². The zero-order valence-corrected chi connectivity index (χ0v) is 25.0. The summed E-state index contributed by atoms with van der Waals surface area (Å²) in [6, 6.07) is 36.5. The summed E-state index contributed by atoms with van der Waals surface area (Å²) >= 11 is 0. The molecule has 0 aliphatic carbocycles. The van der Waals surface area contributed by atoms with E-state index in [4.69, 9.17) is 11.5 Å². The van der Waals surface area contributed by atoms with Gasteiger partial charge in [-0.15, -0.1) is 0 Å². The van der Waals surface area contributed by atoms with E-state index < -0.39 is 0 Å². The number of pyridine rings is 2. The number of nitrogen functional groups attached to an aromatic ring is 2. The number of carbonyl (C=O) groups is 2. The predicted octanol–water partition coefficient (Wildman–Crippen LogP) is 6.98. The predicted molar refractivity (Wildman–Crippen MR) is 179 cm³/mol. The third kappa shape index (κ3) is 6.48. The Labute approximate surface area is 262 Å². The Bertz CT molecular complexity index is 1990. The number of nitrogens with two attached hydrogens (primary N) is 2. The van der Waals surface area contributed by atoms with Crippen LogP contribution in [0.5, 0.6) is 0 Å². The summed E-state index contributed by atoms with van der Waals surface area (Å²) in [4.78, 5) is 29.7. The molecule has 0 fully saturated rings. The molecule has 0 aliphatic heterocycles. The lowest BCUT2D eigenvalue weighted by Crippen LogP contribution is -2.31. The summed E-state index contributed by atoms with van der Waals surface area (Å²) in [5, 5.41) is 12.2. The Hall–Kier alpha value is -6.08. The number of aromatic nitrogens is 2. The van der Waals surface area contributed by atoms with Crippen LogP contribution in [0.3, 0.4) is 0 Å². The zero-order chi connectivity index (χ0) is 31.9. The largest absolute Gasteiger partial charge is 0.618 e. The van der Waals surface area contributed by atoms with Crippen molar-refractivity contribution in [3.8, 4) is 22.5 Å². The van der Waals surface area contributed by atoms with Crippen LogP contribution in [-0.2, 0) is 0 Å². The highest BCUT2D eigenvalue weighted by molar-refractivity contribution is 6.14. The summed E-state index contributed by atoms with van der Waals surface area (Å²) < 4.78 is 0.708. The number of ketones is 2. The molecule has 7 nitrogen and oxygen atoms in total. The normalized spacial score (nSPS) is 10.4. The Morgan fingerprint density at radius 2 is 1.07 bits per heavy atom. The smallest absolute Gasteiger partial charge is 0.247 e. The fourth-order valence-corrected chi connectivity index (χ4v) is 5.07. The topological polar surface area (TPSA) is 126 Å².